The van der Waals surface area contributed by atoms with Crippen LogP contribution in [0.2, 0.25) is 0 Å². The number of hydrogen-bond acceptors (Lipinski definition) is 5. The quantitative estimate of drug-likeness (QED) is 0.646. The molecule has 4 heterocycles. The molecule has 5 aliphatic rings. The molecule has 5 heteroatoms. The third-order valence-electron chi connectivity index (χ3n) is 8.25. The molecule has 2 bridgehead atoms. The Hall–Kier alpha value is -1.27. The number of rotatable bonds is 5. The van der Waals surface area contributed by atoms with Gasteiger partial charge in [-0.15, -0.1) is 0 Å². The second-order valence-electron chi connectivity index (χ2n) is 10.2. The van der Waals surface area contributed by atoms with E-state index in [0.717, 1.165) is 31.2 Å². The minimum Gasteiger partial charge on any atom is -0.346 e. The monoisotopic (exact) mass is 414 g/mol. The minimum atomic E-state index is -0.744. The van der Waals surface area contributed by atoms with Gasteiger partial charge in [0.2, 0.25) is 5.79 Å². The summed E-state index contributed by atoms with van der Waals surface area (Å²) in [4.78, 5) is 24.7. The summed E-state index contributed by atoms with van der Waals surface area (Å²) in [6.07, 6.45) is 5.51. The third kappa shape index (κ3) is 3.35. The first-order valence-corrected chi connectivity index (χ1v) is 11.7. The molecule has 0 unspecified atom stereocenters. The smallest absolute Gasteiger partial charge is 0.201 e. The molecular formula is C25H34O5. The fourth-order valence-corrected chi connectivity index (χ4v) is 6.52. The maximum atomic E-state index is 12.6. The summed E-state index contributed by atoms with van der Waals surface area (Å²) < 4.78 is 13.0. The summed E-state index contributed by atoms with van der Waals surface area (Å²) >= 11 is 0. The van der Waals surface area contributed by atoms with Crippen molar-refractivity contribution >= 4 is 5.78 Å². The van der Waals surface area contributed by atoms with Crippen molar-refractivity contribution in [3.8, 4) is 0 Å². The summed E-state index contributed by atoms with van der Waals surface area (Å²) in [5.74, 6) is 1.10. The molecule has 4 saturated heterocycles. The molecule has 8 atom stereocenters. The van der Waals surface area contributed by atoms with E-state index >= 15 is 0 Å². The van der Waals surface area contributed by atoms with Crippen LogP contribution in [0.3, 0.4) is 0 Å². The summed E-state index contributed by atoms with van der Waals surface area (Å²) in [5, 5.41) is 0. The van der Waals surface area contributed by atoms with Crippen molar-refractivity contribution in [2.75, 3.05) is 0 Å². The molecule has 1 aliphatic carbocycles. The number of ketones is 1. The molecule has 4 aliphatic heterocycles. The molecule has 5 fully saturated rings. The van der Waals surface area contributed by atoms with E-state index in [4.69, 9.17) is 19.2 Å². The van der Waals surface area contributed by atoms with Crippen molar-refractivity contribution in [2.45, 2.75) is 89.5 Å². The standard InChI is InChI=1S/C25H34O5/c1-16-9-11-21-17(2)22(12-10-19(26)15-18-7-5-4-6-8-18)27-23-25(21)20(16)13-14-24(3,28-23)29-30-25/h4-8,16-17,20-23H,9-15H2,1-3H3/t16-,17-,20+,21+,22-,23-,24-,25-/m1/s1. The fraction of sp³-hybridized carbons (Fsp3) is 0.720. The Morgan fingerprint density at radius 1 is 1.07 bits per heavy atom. The van der Waals surface area contributed by atoms with Gasteiger partial charge in [-0.25, -0.2) is 9.78 Å². The predicted octanol–water partition coefficient (Wildman–Crippen LogP) is 4.83. The van der Waals surface area contributed by atoms with Crippen LogP contribution in [-0.2, 0) is 30.5 Å². The molecule has 30 heavy (non-hydrogen) atoms. The Kier molecular flexibility index (Phi) is 5.29. The highest BCUT2D eigenvalue weighted by Gasteiger charge is 2.69. The summed E-state index contributed by atoms with van der Waals surface area (Å²) in [5.41, 5.74) is 0.559. The lowest BCUT2D eigenvalue weighted by Crippen LogP contribution is -2.70. The van der Waals surface area contributed by atoms with Crippen molar-refractivity contribution < 1.29 is 24.0 Å². The zero-order valence-electron chi connectivity index (χ0n) is 18.3. The third-order valence-corrected chi connectivity index (χ3v) is 8.25. The second kappa shape index (κ2) is 7.70. The van der Waals surface area contributed by atoms with Gasteiger partial charge in [-0.2, -0.15) is 0 Å². The Bertz CT molecular complexity index is 781. The molecule has 0 N–H and O–H groups in total. The van der Waals surface area contributed by atoms with Crippen LogP contribution in [0.1, 0.15) is 64.9 Å². The van der Waals surface area contributed by atoms with Crippen molar-refractivity contribution in [1.29, 1.82) is 0 Å². The van der Waals surface area contributed by atoms with Crippen molar-refractivity contribution in [2.24, 2.45) is 23.7 Å². The van der Waals surface area contributed by atoms with E-state index < -0.39 is 17.7 Å². The molecule has 6 rings (SSSR count). The van der Waals surface area contributed by atoms with Crippen LogP contribution in [0.4, 0.5) is 0 Å². The first-order chi connectivity index (χ1) is 14.4. The highest BCUT2D eigenvalue weighted by Crippen LogP contribution is 2.60. The fourth-order valence-electron chi connectivity index (χ4n) is 6.52. The Labute approximate surface area is 179 Å². The Morgan fingerprint density at radius 2 is 1.87 bits per heavy atom. The van der Waals surface area contributed by atoms with Gasteiger partial charge in [0.1, 0.15) is 5.78 Å². The molecule has 0 amide bonds. The Morgan fingerprint density at radius 3 is 2.67 bits per heavy atom. The summed E-state index contributed by atoms with van der Waals surface area (Å²) in [7, 11) is 0. The van der Waals surface area contributed by atoms with E-state index in [0.29, 0.717) is 36.5 Å². The van der Waals surface area contributed by atoms with Crippen molar-refractivity contribution in [3.63, 3.8) is 0 Å². The second-order valence-corrected chi connectivity index (χ2v) is 10.2. The highest BCUT2D eigenvalue weighted by atomic mass is 17.3. The number of carbonyl (C=O) groups excluding carboxylic acids is 1. The SMILES string of the molecule is C[C@H]1[C@@H](CCC(=O)Cc2ccccc2)O[C@@H]2O[C@@]3(C)CC[C@H]4[C@H](C)CC[C@@H]1[C@@]24OO3. The van der Waals surface area contributed by atoms with Crippen molar-refractivity contribution in [1.82, 2.24) is 0 Å². The molecule has 0 radical (unpaired) electrons. The number of fused-ring (bicyclic) bond motifs is 2. The number of hydrogen-bond donors (Lipinski definition) is 0. The average Bonchev–Trinajstić information content (AvgIpc) is 2.96. The first-order valence-electron chi connectivity index (χ1n) is 11.7. The van der Waals surface area contributed by atoms with Gasteiger partial charge in [0.15, 0.2) is 11.9 Å². The lowest BCUT2D eigenvalue weighted by Gasteiger charge is -2.60. The van der Waals surface area contributed by atoms with E-state index in [9.17, 15) is 4.79 Å². The highest BCUT2D eigenvalue weighted by molar-refractivity contribution is 5.80. The van der Waals surface area contributed by atoms with Gasteiger partial charge in [0.25, 0.3) is 0 Å². The van der Waals surface area contributed by atoms with Gasteiger partial charge >= 0.3 is 0 Å². The first kappa shape index (κ1) is 20.6. The van der Waals surface area contributed by atoms with Crippen molar-refractivity contribution in [3.05, 3.63) is 35.9 Å². The molecule has 164 valence electrons. The topological polar surface area (TPSA) is 54.0 Å². The van der Waals surface area contributed by atoms with Crippen LogP contribution in [0.15, 0.2) is 30.3 Å². The van der Waals surface area contributed by atoms with E-state index in [1.165, 1.54) is 6.42 Å². The molecule has 1 aromatic rings. The van der Waals surface area contributed by atoms with Crippen LogP contribution in [0.5, 0.6) is 0 Å². The number of carbonyl (C=O) groups is 1. The van der Waals surface area contributed by atoms with E-state index in [1.54, 1.807) is 0 Å². The minimum absolute atomic E-state index is 0.00551. The molecule has 1 aromatic carbocycles. The maximum Gasteiger partial charge on any atom is 0.201 e. The molecule has 0 aromatic heterocycles. The van der Waals surface area contributed by atoms with Gasteiger partial charge in [0, 0.05) is 25.2 Å². The van der Waals surface area contributed by atoms with Gasteiger partial charge in [-0.3, -0.25) is 4.79 Å². The van der Waals surface area contributed by atoms with Gasteiger partial charge in [0.05, 0.1) is 6.10 Å². The van der Waals surface area contributed by atoms with Crippen LogP contribution in [-0.4, -0.2) is 29.6 Å². The number of Topliss-reactive ketones (excluding diaryl/α,β-unsaturated/α-hetero) is 1. The lowest BCUT2D eigenvalue weighted by atomic mass is 9.57. The largest absolute Gasteiger partial charge is 0.346 e. The summed E-state index contributed by atoms with van der Waals surface area (Å²) in [6.45, 7) is 6.55. The van der Waals surface area contributed by atoms with Crippen LogP contribution in [0, 0.1) is 23.7 Å². The average molecular weight is 415 g/mol. The molecule has 5 nitrogen and oxygen atoms in total. The zero-order valence-corrected chi connectivity index (χ0v) is 18.3. The Balaban J connectivity index is 1.32. The molecule has 1 spiro atoms. The summed E-state index contributed by atoms with van der Waals surface area (Å²) in [6, 6.07) is 9.97. The van der Waals surface area contributed by atoms with E-state index in [-0.39, 0.29) is 11.9 Å². The van der Waals surface area contributed by atoms with E-state index in [2.05, 4.69) is 13.8 Å². The van der Waals surface area contributed by atoms with E-state index in [1.807, 2.05) is 37.3 Å². The van der Waals surface area contributed by atoms with Crippen LogP contribution >= 0.6 is 0 Å². The zero-order chi connectivity index (χ0) is 20.9. The van der Waals surface area contributed by atoms with Crippen LogP contribution < -0.4 is 0 Å². The maximum absolute atomic E-state index is 12.6. The number of benzene rings is 1. The van der Waals surface area contributed by atoms with Gasteiger partial charge < -0.3 is 9.47 Å². The van der Waals surface area contributed by atoms with Gasteiger partial charge in [-0.1, -0.05) is 44.2 Å². The van der Waals surface area contributed by atoms with Gasteiger partial charge in [-0.05, 0) is 55.9 Å². The molecular weight excluding hydrogens is 380 g/mol. The number of ether oxygens (including phenoxy) is 2. The normalized spacial score (nSPS) is 44.9. The molecule has 1 saturated carbocycles. The predicted molar refractivity (Wildman–Crippen MR) is 111 cm³/mol. The lowest BCUT2D eigenvalue weighted by molar-refractivity contribution is -0.571. The van der Waals surface area contributed by atoms with Crippen LogP contribution in [0.25, 0.3) is 0 Å².